The highest BCUT2D eigenvalue weighted by atomic mass is 32.2. The molecule has 6 nitrogen and oxygen atoms in total. The lowest BCUT2D eigenvalue weighted by molar-refractivity contribution is -0.0519. The van der Waals surface area contributed by atoms with Gasteiger partial charge in [0.2, 0.25) is 0 Å². The fraction of sp³-hybridized carbons (Fsp3) is 0.647. The van der Waals surface area contributed by atoms with E-state index in [4.69, 9.17) is 8.92 Å². The number of ether oxygens (including phenoxy) is 1. The summed E-state index contributed by atoms with van der Waals surface area (Å²) in [6, 6.07) is 6.75. The summed E-state index contributed by atoms with van der Waals surface area (Å²) in [5.41, 5.74) is 4.89. The molecule has 0 amide bonds. The average Bonchev–Trinajstić information content (AvgIpc) is 3.40. The van der Waals surface area contributed by atoms with Crippen LogP contribution in [0.4, 0.5) is 0 Å². The van der Waals surface area contributed by atoms with E-state index in [1.807, 2.05) is 13.8 Å². The summed E-state index contributed by atoms with van der Waals surface area (Å²) >= 11 is 0. The van der Waals surface area contributed by atoms with E-state index in [2.05, 4.69) is 32.9 Å². The molecule has 6 rings (SSSR count). The summed E-state index contributed by atoms with van der Waals surface area (Å²) in [5.74, 6) is 2.30. The normalized spacial score (nSPS) is 38.7. The van der Waals surface area contributed by atoms with Gasteiger partial charge in [0.1, 0.15) is 6.10 Å². The number of aliphatic hydroxyl groups excluding tert-OH is 2. The van der Waals surface area contributed by atoms with Crippen LogP contribution in [0.3, 0.4) is 0 Å². The average molecular weight is 583 g/mol. The number of hydrogen-bond acceptors (Lipinski definition) is 6. The van der Waals surface area contributed by atoms with Gasteiger partial charge in [-0.05, 0) is 86.8 Å². The lowest BCUT2D eigenvalue weighted by Gasteiger charge is -2.56. The van der Waals surface area contributed by atoms with Crippen LogP contribution in [0.1, 0.15) is 78.2 Å². The fourth-order valence-electron chi connectivity index (χ4n) is 9.08. The molecule has 5 aliphatic rings. The van der Waals surface area contributed by atoms with Gasteiger partial charge >= 0.3 is 0 Å². The Morgan fingerprint density at radius 2 is 1.80 bits per heavy atom. The van der Waals surface area contributed by atoms with Crippen LogP contribution in [0, 0.1) is 41.4 Å². The lowest BCUT2D eigenvalue weighted by atomic mass is 9.49. The Bertz CT molecular complexity index is 1390. The van der Waals surface area contributed by atoms with Crippen molar-refractivity contribution < 1.29 is 27.6 Å². The topological polar surface area (TPSA) is 93.1 Å². The molecule has 1 aromatic carbocycles. The first-order valence-electron chi connectivity index (χ1n) is 15.4. The molecule has 1 heterocycles. The van der Waals surface area contributed by atoms with Crippen LogP contribution in [-0.2, 0) is 19.0 Å². The molecule has 0 aromatic heterocycles. The Hall–Kier alpha value is -1.93. The van der Waals surface area contributed by atoms with E-state index in [1.54, 1.807) is 24.3 Å². The zero-order valence-electron chi connectivity index (χ0n) is 25.1. The van der Waals surface area contributed by atoms with E-state index in [9.17, 15) is 18.6 Å². The highest BCUT2D eigenvalue weighted by molar-refractivity contribution is 7.86. The molecule has 9 atom stereocenters. The molecule has 41 heavy (non-hydrogen) atoms. The lowest BCUT2D eigenvalue weighted by Crippen LogP contribution is -2.52. The maximum absolute atomic E-state index is 12.6. The predicted octanol–water partition coefficient (Wildman–Crippen LogP) is 6.23. The quantitative estimate of drug-likeness (QED) is 0.370. The van der Waals surface area contributed by atoms with E-state index in [0.717, 1.165) is 43.4 Å². The van der Waals surface area contributed by atoms with E-state index in [0.29, 0.717) is 30.6 Å². The van der Waals surface area contributed by atoms with Gasteiger partial charge in [0.05, 0.1) is 29.5 Å². The number of hydrogen-bond donors (Lipinski definition) is 2. The monoisotopic (exact) mass is 582 g/mol. The molecule has 0 unspecified atom stereocenters. The van der Waals surface area contributed by atoms with Crippen LogP contribution >= 0.6 is 0 Å². The molecule has 3 saturated carbocycles. The highest BCUT2D eigenvalue weighted by Crippen LogP contribution is 2.67. The number of aryl methyl sites for hydroxylation is 1. The van der Waals surface area contributed by atoms with E-state index in [-0.39, 0.29) is 34.4 Å². The van der Waals surface area contributed by atoms with Crippen LogP contribution < -0.4 is 0 Å². The smallest absolute Gasteiger partial charge is 0.296 e. The van der Waals surface area contributed by atoms with Crippen LogP contribution in [0.2, 0.25) is 0 Å². The van der Waals surface area contributed by atoms with E-state index in [1.165, 1.54) is 16.7 Å². The summed E-state index contributed by atoms with van der Waals surface area (Å²) in [7, 11) is -3.76. The van der Waals surface area contributed by atoms with Gasteiger partial charge in [0, 0.05) is 24.2 Å². The highest BCUT2D eigenvalue weighted by Gasteiger charge is 2.63. The molecular formula is C34H46O6S. The Labute approximate surface area is 245 Å². The van der Waals surface area contributed by atoms with Crippen molar-refractivity contribution in [3.63, 3.8) is 0 Å². The fourth-order valence-corrected chi connectivity index (χ4v) is 10.1. The van der Waals surface area contributed by atoms with Crippen LogP contribution in [-0.4, -0.2) is 43.5 Å². The summed E-state index contributed by atoms with van der Waals surface area (Å²) in [6.07, 6.45) is 9.60. The Kier molecular flexibility index (Phi) is 7.37. The maximum Gasteiger partial charge on any atom is 0.296 e. The van der Waals surface area contributed by atoms with Crippen molar-refractivity contribution in [1.82, 2.24) is 0 Å². The Morgan fingerprint density at radius 1 is 1.07 bits per heavy atom. The first-order valence-corrected chi connectivity index (χ1v) is 16.8. The minimum atomic E-state index is -3.76. The number of benzene rings is 1. The molecule has 3 fully saturated rings. The molecule has 1 aliphatic heterocycles. The van der Waals surface area contributed by atoms with Gasteiger partial charge < -0.3 is 14.9 Å². The van der Waals surface area contributed by atoms with Crippen molar-refractivity contribution >= 4 is 10.1 Å². The van der Waals surface area contributed by atoms with Gasteiger partial charge in [0.15, 0.2) is 0 Å². The van der Waals surface area contributed by atoms with Crippen molar-refractivity contribution in [3.05, 3.63) is 64.5 Å². The third-order valence-corrected chi connectivity index (χ3v) is 12.8. The zero-order valence-corrected chi connectivity index (χ0v) is 25.9. The van der Waals surface area contributed by atoms with Crippen LogP contribution in [0.5, 0.6) is 0 Å². The standard InChI is InChI=1S/C34H46O6S/c1-20-6-10-25(11-7-20)41(37,38)39-19-21(2)8-13-29-22(3)32-30(40-29)18-28-26-12-9-23-16-24(35)17-31(36)34(23,5)27(26)14-15-33(28,32)4/h6-7,9-12,21,24,27-28,30-32,35-36H,8,13-19H2,1-5H3/t21-,24-,27+,28+,30+,31+,32+,33+,34+/m1/s1. The van der Waals surface area contributed by atoms with Crippen molar-refractivity contribution in [2.45, 2.75) is 103 Å². The molecule has 0 radical (unpaired) electrons. The molecule has 1 aromatic rings. The summed E-state index contributed by atoms with van der Waals surface area (Å²) in [6.45, 7) is 11.0. The van der Waals surface area contributed by atoms with Gasteiger partial charge in [-0.15, -0.1) is 0 Å². The molecule has 0 spiro atoms. The molecule has 0 bridgehead atoms. The van der Waals surface area contributed by atoms with Crippen molar-refractivity contribution in [3.8, 4) is 0 Å². The van der Waals surface area contributed by atoms with Gasteiger partial charge in [0.25, 0.3) is 10.1 Å². The van der Waals surface area contributed by atoms with Gasteiger partial charge in [-0.3, -0.25) is 4.18 Å². The predicted molar refractivity (Wildman–Crippen MR) is 158 cm³/mol. The summed E-state index contributed by atoms with van der Waals surface area (Å²) in [5, 5.41) is 21.5. The molecule has 4 aliphatic carbocycles. The van der Waals surface area contributed by atoms with Crippen molar-refractivity contribution in [1.29, 1.82) is 0 Å². The maximum atomic E-state index is 12.6. The third-order valence-electron chi connectivity index (χ3n) is 11.5. The summed E-state index contributed by atoms with van der Waals surface area (Å²) < 4.78 is 37.3. The number of allylic oxidation sites excluding steroid dienone is 4. The second kappa shape index (κ2) is 10.4. The van der Waals surface area contributed by atoms with Crippen LogP contribution in [0.15, 0.2) is 63.8 Å². The first kappa shape index (κ1) is 29.2. The largest absolute Gasteiger partial charge is 0.494 e. The van der Waals surface area contributed by atoms with Gasteiger partial charge in [-0.2, -0.15) is 8.42 Å². The van der Waals surface area contributed by atoms with E-state index >= 15 is 0 Å². The second-order valence-electron chi connectivity index (χ2n) is 14.1. The molecule has 0 saturated heterocycles. The zero-order chi connectivity index (χ0) is 29.3. The number of fused-ring (bicyclic) bond motifs is 7. The number of rotatable bonds is 7. The molecule has 2 N–H and O–H groups in total. The minimum absolute atomic E-state index is 0.0768. The first-order chi connectivity index (χ1) is 19.3. The molecule has 224 valence electrons. The second-order valence-corrected chi connectivity index (χ2v) is 15.7. The number of aliphatic hydroxyl groups is 2. The Morgan fingerprint density at radius 3 is 2.54 bits per heavy atom. The van der Waals surface area contributed by atoms with Crippen LogP contribution in [0.25, 0.3) is 0 Å². The minimum Gasteiger partial charge on any atom is -0.494 e. The van der Waals surface area contributed by atoms with Gasteiger partial charge in [-0.1, -0.05) is 61.8 Å². The summed E-state index contributed by atoms with van der Waals surface area (Å²) in [4.78, 5) is 0.197. The van der Waals surface area contributed by atoms with E-state index < -0.39 is 22.3 Å². The molecule has 7 heteroatoms. The SMILES string of the molecule is CC1=C(CC[C@@H](C)COS(=O)(=O)c2ccc(C)cc2)O[C@H]2C[C@H]3C4=CC=C5C[C@@H](O)C[C@H](O)[C@]5(C)[C@H]4CC[C@]3(C)[C@@H]12. The Balaban J connectivity index is 1.12. The van der Waals surface area contributed by atoms with Gasteiger partial charge in [-0.25, -0.2) is 0 Å². The van der Waals surface area contributed by atoms with Crippen molar-refractivity contribution in [2.75, 3.05) is 6.61 Å². The van der Waals surface area contributed by atoms with Crippen molar-refractivity contribution in [2.24, 2.45) is 34.5 Å². The third kappa shape index (κ3) is 4.75. The molecular weight excluding hydrogens is 536 g/mol.